The first-order chi connectivity index (χ1) is 8.92. The van der Waals surface area contributed by atoms with Gasteiger partial charge in [-0.15, -0.1) is 12.4 Å². The normalized spacial score (nSPS) is 23.2. The fraction of sp³-hybridized carbons (Fsp3) is 0.846. The molecule has 1 N–H and O–H groups in total. The Morgan fingerprint density at radius 3 is 2.47 bits per heavy atom. The Morgan fingerprint density at radius 2 is 1.84 bits per heavy atom. The molecule has 0 saturated carbocycles. The van der Waals surface area contributed by atoms with Crippen LogP contribution in [0.4, 0.5) is 0 Å². The van der Waals surface area contributed by atoms with Crippen LogP contribution in [0.3, 0.4) is 0 Å². The molecule has 0 radical (unpaired) electrons. The van der Waals surface area contributed by atoms with E-state index in [9.17, 15) is 0 Å². The Bertz CT molecular complexity index is 342. The van der Waals surface area contributed by atoms with Gasteiger partial charge < -0.3 is 10.2 Å². The molecule has 108 valence electrons. The molecule has 1 aromatic heterocycles. The van der Waals surface area contributed by atoms with Crippen LogP contribution < -0.4 is 5.32 Å². The van der Waals surface area contributed by atoms with Gasteiger partial charge in [-0.25, -0.2) is 9.67 Å². The highest BCUT2D eigenvalue weighted by atomic mass is 35.5. The van der Waals surface area contributed by atoms with E-state index in [-0.39, 0.29) is 12.4 Å². The highest BCUT2D eigenvalue weighted by molar-refractivity contribution is 5.85. The lowest BCUT2D eigenvalue weighted by Gasteiger charge is -2.35. The van der Waals surface area contributed by atoms with Gasteiger partial charge >= 0.3 is 0 Å². The fourth-order valence-electron chi connectivity index (χ4n) is 3.20. The number of likely N-dealkylation sites (tertiary alicyclic amines) is 1. The second-order valence-corrected chi connectivity index (χ2v) is 5.60. The number of halogens is 1. The second-order valence-electron chi connectivity index (χ2n) is 5.60. The number of rotatable bonds is 3. The van der Waals surface area contributed by atoms with Crippen LogP contribution in [0, 0.1) is 5.92 Å². The van der Waals surface area contributed by atoms with Crippen LogP contribution in [0.15, 0.2) is 12.7 Å². The van der Waals surface area contributed by atoms with E-state index in [1.54, 1.807) is 6.33 Å². The van der Waals surface area contributed by atoms with E-state index in [1.165, 1.54) is 58.4 Å². The summed E-state index contributed by atoms with van der Waals surface area (Å²) in [7, 11) is 0. The Labute approximate surface area is 121 Å². The van der Waals surface area contributed by atoms with Crippen molar-refractivity contribution < 1.29 is 0 Å². The second kappa shape index (κ2) is 7.22. The summed E-state index contributed by atoms with van der Waals surface area (Å²) < 4.78 is 2.03. The molecule has 6 heteroatoms. The molecule has 2 aliphatic rings. The SMILES string of the molecule is Cl.c1ncn(C2CCN(CC3CCNCC3)CC2)n1. The average molecular weight is 286 g/mol. The molecule has 3 rings (SSSR count). The molecule has 2 saturated heterocycles. The average Bonchev–Trinajstić information content (AvgIpc) is 2.95. The molecule has 2 aliphatic heterocycles. The highest BCUT2D eigenvalue weighted by Crippen LogP contribution is 2.23. The molecule has 0 aliphatic carbocycles. The van der Waals surface area contributed by atoms with Crippen molar-refractivity contribution >= 4 is 12.4 Å². The van der Waals surface area contributed by atoms with E-state index in [0.29, 0.717) is 6.04 Å². The largest absolute Gasteiger partial charge is 0.317 e. The monoisotopic (exact) mass is 285 g/mol. The first-order valence-electron chi connectivity index (χ1n) is 7.19. The lowest BCUT2D eigenvalue weighted by molar-refractivity contribution is 0.146. The predicted molar refractivity (Wildman–Crippen MR) is 77.6 cm³/mol. The zero-order valence-electron chi connectivity index (χ0n) is 11.4. The van der Waals surface area contributed by atoms with Crippen molar-refractivity contribution in [2.45, 2.75) is 31.7 Å². The lowest BCUT2D eigenvalue weighted by atomic mass is 9.96. The van der Waals surface area contributed by atoms with Gasteiger partial charge in [0.2, 0.25) is 0 Å². The molecule has 2 fully saturated rings. The third-order valence-corrected chi connectivity index (χ3v) is 4.34. The standard InChI is InChI=1S/C13H23N5.ClH/c1-5-14-6-2-12(1)9-17-7-3-13(4-8-17)18-11-15-10-16-18;/h10-14H,1-9H2;1H. The Balaban J connectivity index is 0.00000133. The van der Waals surface area contributed by atoms with Crippen molar-refractivity contribution in [3.05, 3.63) is 12.7 Å². The summed E-state index contributed by atoms with van der Waals surface area (Å²) in [5, 5.41) is 7.70. The van der Waals surface area contributed by atoms with Gasteiger partial charge in [-0.3, -0.25) is 0 Å². The van der Waals surface area contributed by atoms with Gasteiger partial charge in [0.1, 0.15) is 12.7 Å². The van der Waals surface area contributed by atoms with Gasteiger partial charge in [0.05, 0.1) is 6.04 Å². The minimum absolute atomic E-state index is 0. The first kappa shape index (κ1) is 14.8. The minimum Gasteiger partial charge on any atom is -0.317 e. The number of nitrogens with zero attached hydrogens (tertiary/aromatic N) is 4. The first-order valence-corrected chi connectivity index (χ1v) is 7.19. The van der Waals surface area contributed by atoms with Crippen molar-refractivity contribution in [1.29, 1.82) is 0 Å². The maximum absolute atomic E-state index is 4.26. The molecule has 0 bridgehead atoms. The zero-order chi connectivity index (χ0) is 12.2. The van der Waals surface area contributed by atoms with Crippen molar-refractivity contribution in [2.24, 2.45) is 5.92 Å². The molecule has 0 unspecified atom stereocenters. The summed E-state index contributed by atoms with van der Waals surface area (Å²) in [6.45, 7) is 6.15. The highest BCUT2D eigenvalue weighted by Gasteiger charge is 2.23. The Hall–Kier alpha value is -0.650. The summed E-state index contributed by atoms with van der Waals surface area (Å²) in [5.41, 5.74) is 0. The van der Waals surface area contributed by atoms with E-state index in [4.69, 9.17) is 0 Å². The minimum atomic E-state index is 0. The molecule has 0 spiro atoms. The van der Waals surface area contributed by atoms with Crippen molar-refractivity contribution in [2.75, 3.05) is 32.7 Å². The van der Waals surface area contributed by atoms with E-state index in [2.05, 4.69) is 20.3 Å². The number of hydrogen-bond acceptors (Lipinski definition) is 4. The van der Waals surface area contributed by atoms with Crippen molar-refractivity contribution in [3.63, 3.8) is 0 Å². The summed E-state index contributed by atoms with van der Waals surface area (Å²) in [5.74, 6) is 0.911. The van der Waals surface area contributed by atoms with Crippen LogP contribution in [-0.2, 0) is 0 Å². The zero-order valence-corrected chi connectivity index (χ0v) is 12.2. The van der Waals surface area contributed by atoms with Gasteiger partial charge in [-0.05, 0) is 44.7 Å². The maximum atomic E-state index is 4.26. The van der Waals surface area contributed by atoms with Gasteiger partial charge in [-0.1, -0.05) is 0 Å². The molecule has 0 atom stereocenters. The Morgan fingerprint density at radius 1 is 1.11 bits per heavy atom. The van der Waals surface area contributed by atoms with Crippen molar-refractivity contribution in [3.8, 4) is 0 Å². The van der Waals surface area contributed by atoms with Gasteiger partial charge in [0.15, 0.2) is 0 Å². The van der Waals surface area contributed by atoms with E-state index >= 15 is 0 Å². The third-order valence-electron chi connectivity index (χ3n) is 4.34. The number of aromatic nitrogens is 3. The van der Waals surface area contributed by atoms with E-state index in [0.717, 1.165) is 5.92 Å². The number of piperidine rings is 2. The summed E-state index contributed by atoms with van der Waals surface area (Å²) in [6, 6.07) is 0.566. The van der Waals surface area contributed by atoms with Crippen LogP contribution in [0.1, 0.15) is 31.7 Å². The van der Waals surface area contributed by atoms with Crippen molar-refractivity contribution in [1.82, 2.24) is 25.0 Å². The van der Waals surface area contributed by atoms with E-state index in [1.807, 2.05) is 11.0 Å². The maximum Gasteiger partial charge on any atom is 0.137 e. The molecular formula is C13H24ClN5. The lowest BCUT2D eigenvalue weighted by Crippen LogP contribution is -2.40. The topological polar surface area (TPSA) is 46.0 Å². The van der Waals surface area contributed by atoms with Gasteiger partial charge in [-0.2, -0.15) is 5.10 Å². The summed E-state index contributed by atoms with van der Waals surface area (Å²) >= 11 is 0. The number of hydrogen-bond donors (Lipinski definition) is 1. The van der Waals surface area contributed by atoms with Gasteiger partial charge in [0.25, 0.3) is 0 Å². The summed E-state index contributed by atoms with van der Waals surface area (Å²) in [6.07, 6.45) is 8.63. The van der Waals surface area contributed by atoms with Gasteiger partial charge in [0, 0.05) is 19.6 Å². The molecule has 0 amide bonds. The fourth-order valence-corrected chi connectivity index (χ4v) is 3.20. The molecule has 5 nitrogen and oxygen atoms in total. The molecular weight excluding hydrogens is 262 g/mol. The third kappa shape index (κ3) is 3.91. The molecule has 0 aromatic carbocycles. The quantitative estimate of drug-likeness (QED) is 0.910. The molecule has 3 heterocycles. The summed E-state index contributed by atoms with van der Waals surface area (Å²) in [4.78, 5) is 6.68. The smallest absolute Gasteiger partial charge is 0.137 e. The number of nitrogens with one attached hydrogen (secondary N) is 1. The molecule has 1 aromatic rings. The van der Waals surface area contributed by atoms with Crippen LogP contribution >= 0.6 is 12.4 Å². The van der Waals surface area contributed by atoms with Crippen LogP contribution in [0.25, 0.3) is 0 Å². The molecule has 19 heavy (non-hydrogen) atoms. The van der Waals surface area contributed by atoms with Crippen LogP contribution in [0.2, 0.25) is 0 Å². The Kier molecular flexibility index (Phi) is 5.60. The van der Waals surface area contributed by atoms with Crippen LogP contribution in [0.5, 0.6) is 0 Å². The van der Waals surface area contributed by atoms with E-state index < -0.39 is 0 Å². The predicted octanol–water partition coefficient (Wildman–Crippen LogP) is 1.34. The van der Waals surface area contributed by atoms with Crippen LogP contribution in [-0.4, -0.2) is 52.4 Å².